The van der Waals surface area contributed by atoms with Gasteiger partial charge in [-0.3, -0.25) is 4.79 Å². The van der Waals surface area contributed by atoms with Crippen LogP contribution in [0.4, 0.5) is 5.82 Å². The maximum atomic E-state index is 11.8. The zero-order valence-electron chi connectivity index (χ0n) is 13.7. The Morgan fingerprint density at radius 2 is 2.24 bits per heavy atom. The fraction of sp³-hybridized carbons (Fsp3) is 0.278. The number of nitrogens with zero attached hydrogens (tertiary/aromatic N) is 2. The molecule has 3 heterocycles. The lowest BCUT2D eigenvalue weighted by Crippen LogP contribution is -2.26. The summed E-state index contributed by atoms with van der Waals surface area (Å²) >= 11 is 1.94. The predicted molar refractivity (Wildman–Crippen MR) is 102 cm³/mol. The molecule has 1 amide bonds. The summed E-state index contributed by atoms with van der Waals surface area (Å²) in [5, 5.41) is 4.48. The van der Waals surface area contributed by atoms with Gasteiger partial charge in [0.05, 0.1) is 11.9 Å². The van der Waals surface area contributed by atoms with Crippen molar-refractivity contribution in [2.75, 3.05) is 16.8 Å². The second kappa shape index (κ2) is 6.76. The Hall–Kier alpha value is -2.54. The summed E-state index contributed by atoms with van der Waals surface area (Å²) < 4.78 is 0. The fourth-order valence-electron chi connectivity index (χ4n) is 3.09. The normalized spacial score (nSPS) is 17.5. The molecule has 7 heteroatoms. The molecule has 0 saturated carbocycles. The summed E-state index contributed by atoms with van der Waals surface area (Å²) in [6.45, 7) is 0. The van der Waals surface area contributed by atoms with Gasteiger partial charge >= 0.3 is 0 Å². The molecule has 0 aliphatic carbocycles. The minimum atomic E-state index is -0.582. The van der Waals surface area contributed by atoms with E-state index >= 15 is 0 Å². The number of aromatic nitrogens is 3. The second-order valence-electron chi connectivity index (χ2n) is 6.15. The van der Waals surface area contributed by atoms with E-state index in [0.29, 0.717) is 17.6 Å². The van der Waals surface area contributed by atoms with Crippen LogP contribution in [0.2, 0.25) is 0 Å². The molecular weight excluding hydrogens is 334 g/mol. The second-order valence-corrected chi connectivity index (χ2v) is 7.30. The number of rotatable bonds is 4. The van der Waals surface area contributed by atoms with Gasteiger partial charge in [0, 0.05) is 22.7 Å². The van der Waals surface area contributed by atoms with Gasteiger partial charge in [-0.1, -0.05) is 18.2 Å². The van der Waals surface area contributed by atoms with E-state index in [0.717, 1.165) is 28.8 Å². The Morgan fingerprint density at radius 1 is 1.36 bits per heavy atom. The number of carbonyl (C=O) groups excluding carboxylic acids is 1. The van der Waals surface area contributed by atoms with Gasteiger partial charge in [0.25, 0.3) is 5.91 Å². The number of primary amides is 1. The van der Waals surface area contributed by atoms with Gasteiger partial charge in [-0.25, -0.2) is 9.97 Å². The molecule has 1 aromatic carbocycles. The maximum absolute atomic E-state index is 11.8. The van der Waals surface area contributed by atoms with Gasteiger partial charge in [0.2, 0.25) is 0 Å². The number of para-hydroxylation sites is 1. The van der Waals surface area contributed by atoms with Crippen LogP contribution in [0.3, 0.4) is 0 Å². The van der Waals surface area contributed by atoms with Crippen molar-refractivity contribution in [2.45, 2.75) is 18.9 Å². The van der Waals surface area contributed by atoms with Crippen LogP contribution in [0.5, 0.6) is 0 Å². The number of benzene rings is 1. The van der Waals surface area contributed by atoms with Crippen molar-refractivity contribution in [3.05, 3.63) is 42.2 Å². The number of nitrogens with two attached hydrogens (primary N) is 1. The summed E-state index contributed by atoms with van der Waals surface area (Å²) in [4.78, 5) is 24.0. The van der Waals surface area contributed by atoms with Crippen LogP contribution in [0.25, 0.3) is 22.3 Å². The van der Waals surface area contributed by atoms with Crippen molar-refractivity contribution in [1.29, 1.82) is 0 Å². The molecule has 25 heavy (non-hydrogen) atoms. The highest BCUT2D eigenvalue weighted by Crippen LogP contribution is 2.26. The molecule has 0 radical (unpaired) electrons. The Balaban J connectivity index is 1.72. The largest absolute Gasteiger partial charge is 0.365 e. The van der Waals surface area contributed by atoms with Crippen molar-refractivity contribution in [2.24, 2.45) is 5.73 Å². The van der Waals surface area contributed by atoms with E-state index in [4.69, 9.17) is 5.73 Å². The lowest BCUT2D eigenvalue weighted by Gasteiger charge is -2.23. The van der Waals surface area contributed by atoms with Crippen molar-refractivity contribution >= 4 is 34.4 Å². The van der Waals surface area contributed by atoms with E-state index in [1.54, 1.807) is 6.20 Å². The van der Waals surface area contributed by atoms with Crippen LogP contribution < -0.4 is 11.1 Å². The van der Waals surface area contributed by atoms with E-state index in [1.807, 2.05) is 42.1 Å². The smallest absolute Gasteiger partial charge is 0.269 e. The topological polar surface area (TPSA) is 96.7 Å². The van der Waals surface area contributed by atoms with Crippen LogP contribution in [0, 0.1) is 0 Å². The average molecular weight is 353 g/mol. The number of hydrogen-bond donors (Lipinski definition) is 3. The van der Waals surface area contributed by atoms with Gasteiger partial charge in [-0.15, -0.1) is 0 Å². The SMILES string of the molecule is NC(=O)c1ncc(N[C@@H]2CCCSC2)nc1-c1cc2ccccc2[nH]1. The first-order valence-corrected chi connectivity index (χ1v) is 9.45. The molecule has 0 unspecified atom stereocenters. The molecule has 1 atom stereocenters. The third-order valence-electron chi connectivity index (χ3n) is 4.30. The van der Waals surface area contributed by atoms with E-state index in [9.17, 15) is 4.79 Å². The summed E-state index contributed by atoms with van der Waals surface area (Å²) in [5.74, 6) is 2.36. The van der Waals surface area contributed by atoms with E-state index in [1.165, 1.54) is 12.2 Å². The molecule has 1 aliphatic rings. The molecule has 0 spiro atoms. The van der Waals surface area contributed by atoms with Crippen LogP contribution in [-0.4, -0.2) is 38.4 Å². The number of thioether (sulfide) groups is 1. The van der Waals surface area contributed by atoms with Crippen LogP contribution in [0.1, 0.15) is 23.3 Å². The number of aromatic amines is 1. The minimum Gasteiger partial charge on any atom is -0.365 e. The standard InChI is InChI=1S/C18H19N5OS/c19-18(24)17-16(14-8-11-4-1-2-6-13(11)22-14)23-15(9-20-17)21-12-5-3-7-25-10-12/h1-2,4,6,8-9,12,22H,3,5,7,10H2,(H2,19,24)(H,21,23)/t12-/m1/s1. The summed E-state index contributed by atoms with van der Waals surface area (Å²) in [5.41, 5.74) is 7.88. The van der Waals surface area contributed by atoms with Crippen LogP contribution >= 0.6 is 11.8 Å². The third kappa shape index (κ3) is 3.32. The number of amides is 1. The lowest BCUT2D eigenvalue weighted by molar-refractivity contribution is 0.0996. The number of nitrogens with one attached hydrogen (secondary N) is 2. The summed E-state index contributed by atoms with van der Waals surface area (Å²) in [6, 6.07) is 10.3. The van der Waals surface area contributed by atoms with Gasteiger partial charge in [-0.05, 0) is 30.7 Å². The molecule has 6 nitrogen and oxygen atoms in total. The third-order valence-corrected chi connectivity index (χ3v) is 5.52. The van der Waals surface area contributed by atoms with Gasteiger partial charge < -0.3 is 16.0 Å². The molecule has 2 aromatic heterocycles. The van der Waals surface area contributed by atoms with E-state index in [2.05, 4.69) is 20.3 Å². The Labute approximate surface area is 149 Å². The van der Waals surface area contributed by atoms with Crippen LogP contribution in [-0.2, 0) is 0 Å². The Bertz CT molecular complexity index is 884. The zero-order valence-corrected chi connectivity index (χ0v) is 14.5. The summed E-state index contributed by atoms with van der Waals surface area (Å²) in [6.07, 6.45) is 3.91. The molecule has 128 valence electrons. The van der Waals surface area contributed by atoms with Crippen molar-refractivity contribution < 1.29 is 4.79 Å². The highest BCUT2D eigenvalue weighted by Gasteiger charge is 2.19. The summed E-state index contributed by atoms with van der Waals surface area (Å²) in [7, 11) is 0. The number of H-pyrrole nitrogens is 1. The van der Waals surface area contributed by atoms with E-state index in [-0.39, 0.29) is 5.69 Å². The molecule has 3 aromatic rings. The quantitative estimate of drug-likeness (QED) is 0.670. The first kappa shape index (κ1) is 16.0. The molecule has 0 bridgehead atoms. The maximum Gasteiger partial charge on any atom is 0.269 e. The number of anilines is 1. The Morgan fingerprint density at radius 3 is 3.00 bits per heavy atom. The van der Waals surface area contributed by atoms with Gasteiger partial charge in [0.15, 0.2) is 5.69 Å². The molecule has 4 N–H and O–H groups in total. The van der Waals surface area contributed by atoms with Gasteiger partial charge in [-0.2, -0.15) is 11.8 Å². The van der Waals surface area contributed by atoms with Crippen molar-refractivity contribution in [3.63, 3.8) is 0 Å². The predicted octanol–water partition coefficient (Wildman–Crippen LogP) is 3.03. The first-order chi connectivity index (χ1) is 12.2. The van der Waals surface area contributed by atoms with Crippen molar-refractivity contribution in [1.82, 2.24) is 15.0 Å². The Kier molecular flexibility index (Phi) is 4.31. The van der Waals surface area contributed by atoms with Crippen molar-refractivity contribution in [3.8, 4) is 11.4 Å². The fourth-order valence-corrected chi connectivity index (χ4v) is 4.16. The molecule has 1 aliphatic heterocycles. The minimum absolute atomic E-state index is 0.176. The molecule has 1 fully saturated rings. The lowest BCUT2D eigenvalue weighted by atomic mass is 10.2. The molecule has 4 rings (SSSR count). The monoisotopic (exact) mass is 353 g/mol. The van der Waals surface area contributed by atoms with Gasteiger partial charge in [0.1, 0.15) is 11.5 Å². The number of hydrogen-bond acceptors (Lipinski definition) is 5. The number of fused-ring (bicyclic) bond motifs is 1. The first-order valence-electron chi connectivity index (χ1n) is 8.30. The number of carbonyl (C=O) groups is 1. The average Bonchev–Trinajstić information content (AvgIpc) is 3.06. The molecular formula is C18H19N5OS. The zero-order chi connectivity index (χ0) is 17.2. The highest BCUT2D eigenvalue weighted by molar-refractivity contribution is 7.99. The van der Waals surface area contributed by atoms with Crippen LogP contribution in [0.15, 0.2) is 36.5 Å². The highest BCUT2D eigenvalue weighted by atomic mass is 32.2. The molecule has 1 saturated heterocycles. The van der Waals surface area contributed by atoms with E-state index < -0.39 is 5.91 Å².